The highest BCUT2D eigenvalue weighted by Gasteiger charge is 2.31. The van der Waals surface area contributed by atoms with Crippen LogP contribution < -0.4 is 20.7 Å². The fourth-order valence-corrected chi connectivity index (χ4v) is 3.63. The van der Waals surface area contributed by atoms with Crippen LogP contribution in [0.5, 0.6) is 5.75 Å². The van der Waals surface area contributed by atoms with Crippen molar-refractivity contribution >= 4 is 52.1 Å². The molecule has 0 unspecified atom stereocenters. The minimum atomic E-state index is -0.498. The van der Waals surface area contributed by atoms with Gasteiger partial charge in [-0.2, -0.15) is 0 Å². The van der Waals surface area contributed by atoms with Gasteiger partial charge >= 0.3 is 0 Å². The molecule has 1 heterocycles. The maximum Gasteiger partial charge on any atom is 0.255 e. The number of hydrogen-bond acceptors (Lipinski definition) is 3. The second kappa shape index (κ2) is 8.17. The van der Waals surface area contributed by atoms with Crippen molar-refractivity contribution in [3.63, 3.8) is 0 Å². The molecular weight excluding hydrogens is 405 g/mol. The number of rotatable bonds is 4. The summed E-state index contributed by atoms with van der Waals surface area (Å²) in [6.07, 6.45) is 0. The number of methoxy groups -OCH3 is 1. The molecule has 0 spiro atoms. The Bertz CT molecular complexity index is 929. The molecule has 0 fully saturated rings. The summed E-state index contributed by atoms with van der Waals surface area (Å²) in [5.74, 6) is 0.441. The highest BCUT2D eigenvalue weighted by Crippen LogP contribution is 2.33. The summed E-state index contributed by atoms with van der Waals surface area (Å²) < 4.78 is 5.14. The van der Waals surface area contributed by atoms with Gasteiger partial charge < -0.3 is 20.7 Å². The van der Waals surface area contributed by atoms with Crippen LogP contribution in [0.4, 0.5) is 5.69 Å². The van der Waals surface area contributed by atoms with Crippen LogP contribution in [0.1, 0.15) is 18.5 Å². The first-order valence-electron chi connectivity index (χ1n) is 8.07. The zero-order chi connectivity index (χ0) is 19.6. The van der Waals surface area contributed by atoms with Crippen molar-refractivity contribution in [3.05, 3.63) is 69.3 Å². The molecule has 27 heavy (non-hydrogen) atoms. The largest absolute Gasteiger partial charge is 0.497 e. The van der Waals surface area contributed by atoms with E-state index in [2.05, 4.69) is 16.0 Å². The van der Waals surface area contributed by atoms with E-state index >= 15 is 0 Å². The Morgan fingerprint density at radius 2 is 1.89 bits per heavy atom. The molecule has 0 aromatic heterocycles. The van der Waals surface area contributed by atoms with Gasteiger partial charge in [0.1, 0.15) is 5.75 Å². The fraction of sp³-hybridized carbons (Fsp3) is 0.158. The molecule has 0 aliphatic carbocycles. The van der Waals surface area contributed by atoms with Gasteiger partial charge in [0, 0.05) is 21.4 Å². The summed E-state index contributed by atoms with van der Waals surface area (Å²) in [6.45, 7) is 1.80. The number of thiocarbonyl (C=S) groups is 1. The van der Waals surface area contributed by atoms with Crippen molar-refractivity contribution < 1.29 is 9.53 Å². The van der Waals surface area contributed by atoms with E-state index < -0.39 is 6.04 Å². The molecule has 3 rings (SSSR count). The van der Waals surface area contributed by atoms with Gasteiger partial charge in [-0.15, -0.1) is 0 Å². The van der Waals surface area contributed by atoms with Gasteiger partial charge in [-0.3, -0.25) is 4.79 Å². The molecule has 2 aromatic rings. The van der Waals surface area contributed by atoms with Crippen molar-refractivity contribution in [1.82, 2.24) is 10.6 Å². The molecule has 0 bridgehead atoms. The quantitative estimate of drug-likeness (QED) is 0.637. The third kappa shape index (κ3) is 4.35. The van der Waals surface area contributed by atoms with Crippen molar-refractivity contribution in [2.45, 2.75) is 13.0 Å². The highest BCUT2D eigenvalue weighted by atomic mass is 35.5. The van der Waals surface area contributed by atoms with E-state index in [-0.39, 0.29) is 5.91 Å². The SMILES string of the molecule is COc1ccc(NC(=O)C2=C(C)NC(=S)N[C@@H]2c2ccc(Cl)cc2Cl)cc1. The summed E-state index contributed by atoms with van der Waals surface area (Å²) >= 11 is 17.6. The summed E-state index contributed by atoms with van der Waals surface area (Å²) in [5.41, 5.74) is 2.50. The van der Waals surface area contributed by atoms with E-state index in [1.165, 1.54) is 0 Å². The fourth-order valence-electron chi connectivity index (χ4n) is 2.84. The average Bonchev–Trinajstić information content (AvgIpc) is 2.61. The lowest BCUT2D eigenvalue weighted by molar-refractivity contribution is -0.113. The van der Waals surface area contributed by atoms with Crippen molar-refractivity contribution in [2.75, 3.05) is 12.4 Å². The van der Waals surface area contributed by atoms with E-state index in [4.69, 9.17) is 40.2 Å². The van der Waals surface area contributed by atoms with Crippen LogP contribution in [0, 0.1) is 0 Å². The molecule has 1 atom stereocenters. The van der Waals surface area contributed by atoms with Crippen LogP contribution in [0.2, 0.25) is 10.0 Å². The van der Waals surface area contributed by atoms with E-state index in [1.807, 2.05) is 0 Å². The van der Waals surface area contributed by atoms with E-state index in [1.54, 1.807) is 56.5 Å². The predicted molar refractivity (Wildman–Crippen MR) is 112 cm³/mol. The summed E-state index contributed by atoms with van der Waals surface area (Å²) in [6, 6.07) is 11.7. The Morgan fingerprint density at radius 3 is 2.52 bits per heavy atom. The van der Waals surface area contributed by atoms with Gasteiger partial charge in [0.05, 0.1) is 18.7 Å². The molecule has 2 aromatic carbocycles. The first kappa shape index (κ1) is 19.5. The average molecular weight is 422 g/mol. The Hall–Kier alpha value is -2.28. The molecule has 0 saturated carbocycles. The molecule has 3 N–H and O–H groups in total. The number of halogens is 2. The number of ether oxygens (including phenoxy) is 1. The van der Waals surface area contributed by atoms with Crippen molar-refractivity contribution in [2.24, 2.45) is 0 Å². The smallest absolute Gasteiger partial charge is 0.255 e. The van der Waals surface area contributed by atoms with E-state index in [9.17, 15) is 4.79 Å². The van der Waals surface area contributed by atoms with Gasteiger partial charge in [-0.25, -0.2) is 0 Å². The van der Waals surface area contributed by atoms with E-state index in [0.29, 0.717) is 43.4 Å². The van der Waals surface area contributed by atoms with E-state index in [0.717, 1.165) is 0 Å². The molecule has 5 nitrogen and oxygen atoms in total. The first-order chi connectivity index (χ1) is 12.9. The summed E-state index contributed by atoms with van der Waals surface area (Å²) in [5, 5.41) is 10.4. The number of nitrogens with one attached hydrogen (secondary N) is 3. The number of hydrogen-bond donors (Lipinski definition) is 3. The Kier molecular flexibility index (Phi) is 5.89. The number of anilines is 1. The van der Waals surface area contributed by atoms with Crippen LogP contribution in [0.3, 0.4) is 0 Å². The maximum absolute atomic E-state index is 13.0. The van der Waals surface area contributed by atoms with Crippen molar-refractivity contribution in [1.29, 1.82) is 0 Å². The zero-order valence-corrected chi connectivity index (χ0v) is 16.9. The molecule has 140 valence electrons. The molecular formula is C19H17Cl2N3O2S. The van der Waals surface area contributed by atoms with Gasteiger partial charge in [-0.1, -0.05) is 29.3 Å². The van der Waals surface area contributed by atoms with Crippen LogP contribution in [0.15, 0.2) is 53.7 Å². The number of amides is 1. The van der Waals surface area contributed by atoms with Gasteiger partial charge in [0.15, 0.2) is 5.11 Å². The molecule has 1 amide bonds. The van der Waals surface area contributed by atoms with Crippen molar-refractivity contribution in [3.8, 4) is 5.75 Å². The number of benzene rings is 2. The minimum Gasteiger partial charge on any atom is -0.497 e. The molecule has 1 aliphatic heterocycles. The van der Waals surface area contributed by atoms with Crippen LogP contribution >= 0.6 is 35.4 Å². The van der Waals surface area contributed by atoms with Crippen LogP contribution in [0.25, 0.3) is 0 Å². The molecule has 1 aliphatic rings. The first-order valence-corrected chi connectivity index (χ1v) is 9.24. The second-order valence-corrected chi connectivity index (χ2v) is 7.17. The third-order valence-electron chi connectivity index (χ3n) is 4.14. The standard InChI is InChI=1S/C19H17Cl2N3O2S/c1-10-16(18(25)23-12-4-6-13(26-2)7-5-12)17(24-19(27)22-10)14-8-3-11(20)9-15(14)21/h3-9,17H,1-2H3,(H,23,25)(H2,22,24,27)/t17-/m1/s1. The number of allylic oxidation sites excluding steroid dienone is 1. The number of carbonyl (C=O) groups is 1. The Balaban J connectivity index is 1.94. The van der Waals surface area contributed by atoms with Gasteiger partial charge in [0.2, 0.25) is 0 Å². The minimum absolute atomic E-state index is 0.267. The third-order valence-corrected chi connectivity index (χ3v) is 4.92. The van der Waals surface area contributed by atoms with Crippen LogP contribution in [-0.4, -0.2) is 18.1 Å². The topological polar surface area (TPSA) is 62.4 Å². The van der Waals surface area contributed by atoms with Crippen LogP contribution in [-0.2, 0) is 4.79 Å². The van der Waals surface area contributed by atoms with Gasteiger partial charge in [0.25, 0.3) is 5.91 Å². The maximum atomic E-state index is 13.0. The lowest BCUT2D eigenvalue weighted by Crippen LogP contribution is -2.45. The normalized spacial score (nSPS) is 16.4. The predicted octanol–water partition coefficient (Wildman–Crippen LogP) is 4.43. The highest BCUT2D eigenvalue weighted by molar-refractivity contribution is 7.80. The lowest BCUT2D eigenvalue weighted by atomic mass is 9.95. The molecule has 0 radical (unpaired) electrons. The van der Waals surface area contributed by atoms with Gasteiger partial charge in [-0.05, 0) is 61.1 Å². The lowest BCUT2D eigenvalue weighted by Gasteiger charge is -2.31. The number of carbonyl (C=O) groups excluding carboxylic acids is 1. The summed E-state index contributed by atoms with van der Waals surface area (Å²) in [7, 11) is 1.59. The monoisotopic (exact) mass is 421 g/mol. The Morgan fingerprint density at radius 1 is 1.19 bits per heavy atom. The second-order valence-electron chi connectivity index (χ2n) is 5.92. The molecule has 8 heteroatoms. The zero-order valence-electron chi connectivity index (χ0n) is 14.6. The molecule has 0 saturated heterocycles. The Labute approximate surface area is 172 Å². The summed E-state index contributed by atoms with van der Waals surface area (Å²) in [4.78, 5) is 13.0.